The van der Waals surface area contributed by atoms with Crippen molar-refractivity contribution in [2.45, 2.75) is 12.8 Å². The first-order chi connectivity index (χ1) is 7.65. The fourth-order valence-corrected chi connectivity index (χ4v) is 1.41. The number of carbonyl (C=O) groups is 1. The van der Waals surface area contributed by atoms with Crippen molar-refractivity contribution >= 4 is 17.6 Å². The third-order valence-electron chi connectivity index (χ3n) is 1.93. The van der Waals surface area contributed by atoms with E-state index in [9.17, 15) is 4.79 Å². The van der Waals surface area contributed by atoms with Crippen molar-refractivity contribution in [2.75, 3.05) is 13.7 Å². The number of hydrogen-bond donors (Lipinski definition) is 1. The summed E-state index contributed by atoms with van der Waals surface area (Å²) in [5, 5.41) is 8.91. The minimum absolute atomic E-state index is 0.0762. The normalized spacial score (nSPS) is 9.88. The summed E-state index contributed by atoms with van der Waals surface area (Å²) in [7, 11) is 1.52. The molecule has 0 heterocycles. The molecule has 0 radical (unpaired) electrons. The summed E-state index contributed by atoms with van der Waals surface area (Å²) in [6.45, 7) is 0.298. The fraction of sp³-hybridized carbons (Fsp3) is 0.364. The number of methoxy groups -OCH3 is 1. The Labute approximate surface area is 98.7 Å². The molecule has 0 aliphatic carbocycles. The lowest BCUT2D eigenvalue weighted by Gasteiger charge is -2.11. The minimum Gasteiger partial charge on any atom is -0.493 e. The third kappa shape index (κ3) is 3.62. The van der Waals surface area contributed by atoms with Crippen molar-refractivity contribution in [2.24, 2.45) is 0 Å². The van der Waals surface area contributed by atoms with Crippen LogP contribution in [0.2, 0.25) is 5.02 Å². The van der Waals surface area contributed by atoms with E-state index in [-0.39, 0.29) is 6.42 Å². The lowest BCUT2D eigenvalue weighted by Crippen LogP contribution is -2.03. The van der Waals surface area contributed by atoms with E-state index < -0.39 is 5.97 Å². The van der Waals surface area contributed by atoms with Crippen molar-refractivity contribution in [1.29, 1.82) is 0 Å². The monoisotopic (exact) mass is 244 g/mol. The molecular formula is C11H13ClO4. The van der Waals surface area contributed by atoms with Gasteiger partial charge in [0.2, 0.25) is 0 Å². The van der Waals surface area contributed by atoms with Gasteiger partial charge in [-0.05, 0) is 18.6 Å². The zero-order valence-electron chi connectivity index (χ0n) is 8.90. The van der Waals surface area contributed by atoms with Crippen molar-refractivity contribution < 1.29 is 19.4 Å². The number of carboxylic acid groups (broad SMARTS) is 1. The fourth-order valence-electron chi connectivity index (χ4n) is 1.19. The maximum absolute atomic E-state index is 10.3. The molecule has 0 aliphatic rings. The second kappa shape index (κ2) is 6.23. The smallest absolute Gasteiger partial charge is 0.303 e. The van der Waals surface area contributed by atoms with Gasteiger partial charge in [0.25, 0.3) is 0 Å². The molecule has 0 amide bonds. The number of halogens is 1. The van der Waals surface area contributed by atoms with E-state index in [0.717, 1.165) is 0 Å². The predicted octanol–water partition coefficient (Wildman–Crippen LogP) is 2.59. The maximum Gasteiger partial charge on any atom is 0.303 e. The van der Waals surface area contributed by atoms with Crippen LogP contribution in [0.15, 0.2) is 18.2 Å². The van der Waals surface area contributed by atoms with E-state index in [1.807, 2.05) is 0 Å². The Kier molecular flexibility index (Phi) is 4.92. The average Bonchev–Trinajstić information content (AvgIpc) is 2.25. The number of para-hydroxylation sites is 1. The quantitative estimate of drug-likeness (QED) is 0.782. The van der Waals surface area contributed by atoms with Crippen LogP contribution in [0.25, 0.3) is 0 Å². The van der Waals surface area contributed by atoms with Gasteiger partial charge < -0.3 is 14.6 Å². The first kappa shape index (κ1) is 12.6. The van der Waals surface area contributed by atoms with Crippen molar-refractivity contribution in [1.82, 2.24) is 0 Å². The molecule has 88 valence electrons. The van der Waals surface area contributed by atoms with Gasteiger partial charge in [-0.2, -0.15) is 0 Å². The third-order valence-corrected chi connectivity index (χ3v) is 2.23. The summed E-state index contributed by atoms with van der Waals surface area (Å²) in [5.41, 5.74) is 0. The second-order valence-electron chi connectivity index (χ2n) is 3.12. The lowest BCUT2D eigenvalue weighted by molar-refractivity contribution is -0.137. The van der Waals surface area contributed by atoms with E-state index in [4.69, 9.17) is 26.2 Å². The Morgan fingerprint density at radius 3 is 2.88 bits per heavy atom. The van der Waals surface area contributed by atoms with Crippen LogP contribution >= 0.6 is 11.6 Å². The van der Waals surface area contributed by atoms with E-state index in [2.05, 4.69) is 0 Å². The van der Waals surface area contributed by atoms with Crippen molar-refractivity contribution in [3.8, 4) is 11.5 Å². The Hall–Kier alpha value is -1.42. The van der Waals surface area contributed by atoms with Gasteiger partial charge in [0.05, 0.1) is 18.7 Å². The summed E-state index contributed by atoms with van der Waals surface area (Å²) in [6, 6.07) is 5.18. The molecule has 0 atom stereocenters. The van der Waals surface area contributed by atoms with Crippen LogP contribution in [-0.4, -0.2) is 24.8 Å². The van der Waals surface area contributed by atoms with Gasteiger partial charge in [-0.15, -0.1) is 0 Å². The first-order valence-electron chi connectivity index (χ1n) is 4.82. The summed E-state index contributed by atoms with van der Waals surface area (Å²) >= 11 is 5.93. The molecule has 0 unspecified atom stereocenters. The highest BCUT2D eigenvalue weighted by molar-refractivity contribution is 6.32. The Morgan fingerprint density at radius 1 is 1.50 bits per heavy atom. The van der Waals surface area contributed by atoms with Crippen molar-refractivity contribution in [3.63, 3.8) is 0 Å². The Bertz CT molecular complexity index is 365. The molecule has 0 aliphatic heterocycles. The number of carboxylic acids is 1. The zero-order valence-corrected chi connectivity index (χ0v) is 9.66. The molecular weight excluding hydrogens is 232 g/mol. The van der Waals surface area contributed by atoms with E-state index >= 15 is 0 Å². The second-order valence-corrected chi connectivity index (χ2v) is 3.52. The molecule has 0 spiro atoms. The summed E-state index contributed by atoms with van der Waals surface area (Å²) in [5.74, 6) is 0.162. The lowest BCUT2D eigenvalue weighted by atomic mass is 10.3. The molecule has 1 aromatic rings. The van der Waals surface area contributed by atoms with Crippen LogP contribution in [0.3, 0.4) is 0 Å². The number of aliphatic carboxylic acids is 1. The van der Waals surface area contributed by atoms with Gasteiger partial charge in [0.15, 0.2) is 11.5 Å². The van der Waals surface area contributed by atoms with Gasteiger partial charge in [-0.1, -0.05) is 17.7 Å². The Balaban J connectivity index is 2.55. The van der Waals surface area contributed by atoms with Crippen LogP contribution in [0.1, 0.15) is 12.8 Å². The summed E-state index contributed by atoms with van der Waals surface area (Å²) < 4.78 is 10.5. The first-order valence-corrected chi connectivity index (χ1v) is 5.20. The number of rotatable bonds is 6. The van der Waals surface area contributed by atoms with Gasteiger partial charge in [0, 0.05) is 6.42 Å². The van der Waals surface area contributed by atoms with Crippen LogP contribution < -0.4 is 9.47 Å². The largest absolute Gasteiger partial charge is 0.493 e. The highest BCUT2D eigenvalue weighted by Gasteiger charge is 2.08. The summed E-state index contributed by atoms with van der Waals surface area (Å²) in [6.07, 6.45) is 0.510. The predicted molar refractivity (Wildman–Crippen MR) is 60.4 cm³/mol. The minimum atomic E-state index is -0.838. The zero-order chi connectivity index (χ0) is 12.0. The molecule has 1 N–H and O–H groups in total. The van der Waals surface area contributed by atoms with Crippen LogP contribution in [0.5, 0.6) is 11.5 Å². The molecule has 0 bridgehead atoms. The van der Waals surface area contributed by atoms with Gasteiger partial charge in [-0.3, -0.25) is 4.79 Å². The Morgan fingerprint density at radius 2 is 2.25 bits per heavy atom. The molecule has 16 heavy (non-hydrogen) atoms. The molecule has 5 heteroatoms. The molecule has 1 aromatic carbocycles. The highest BCUT2D eigenvalue weighted by Crippen LogP contribution is 2.34. The van der Waals surface area contributed by atoms with Crippen LogP contribution in [0.4, 0.5) is 0 Å². The SMILES string of the molecule is COc1cccc(Cl)c1OCCCC(=O)O. The van der Waals surface area contributed by atoms with E-state index in [1.54, 1.807) is 18.2 Å². The number of ether oxygens (including phenoxy) is 2. The standard InChI is InChI=1S/C11H13ClO4/c1-15-9-5-2-4-8(12)11(9)16-7-3-6-10(13)14/h2,4-5H,3,6-7H2,1H3,(H,13,14). The molecule has 0 saturated heterocycles. The molecule has 0 aromatic heterocycles. The molecule has 0 fully saturated rings. The van der Waals surface area contributed by atoms with E-state index in [0.29, 0.717) is 29.5 Å². The van der Waals surface area contributed by atoms with Gasteiger partial charge in [0.1, 0.15) is 0 Å². The topological polar surface area (TPSA) is 55.8 Å². The van der Waals surface area contributed by atoms with Crippen LogP contribution in [-0.2, 0) is 4.79 Å². The number of benzene rings is 1. The molecule has 0 saturated carbocycles. The van der Waals surface area contributed by atoms with Crippen LogP contribution in [0, 0.1) is 0 Å². The average molecular weight is 245 g/mol. The molecule has 4 nitrogen and oxygen atoms in total. The van der Waals surface area contributed by atoms with Gasteiger partial charge >= 0.3 is 5.97 Å². The molecule has 1 rings (SSSR count). The van der Waals surface area contributed by atoms with E-state index in [1.165, 1.54) is 7.11 Å². The summed E-state index contributed by atoms with van der Waals surface area (Å²) in [4.78, 5) is 10.3. The maximum atomic E-state index is 10.3. The highest BCUT2D eigenvalue weighted by atomic mass is 35.5. The van der Waals surface area contributed by atoms with Gasteiger partial charge in [-0.25, -0.2) is 0 Å². The van der Waals surface area contributed by atoms with Crippen molar-refractivity contribution in [3.05, 3.63) is 23.2 Å². The number of hydrogen-bond acceptors (Lipinski definition) is 3.